The SMILES string of the molecule is COc1ccc(S(=O)(=O)N2CCC3(CCC(=O)N3Cc3ccc(F)cc3)CC2)cc1. The van der Waals surface area contributed by atoms with Gasteiger partial charge >= 0.3 is 0 Å². The van der Waals surface area contributed by atoms with Crippen molar-refractivity contribution in [3.05, 3.63) is 59.9 Å². The number of benzene rings is 2. The topological polar surface area (TPSA) is 66.9 Å². The fourth-order valence-corrected chi connectivity index (χ4v) is 5.90. The summed E-state index contributed by atoms with van der Waals surface area (Å²) in [5, 5.41) is 0. The summed E-state index contributed by atoms with van der Waals surface area (Å²) in [7, 11) is -2.06. The van der Waals surface area contributed by atoms with Crippen molar-refractivity contribution in [2.45, 2.75) is 42.7 Å². The van der Waals surface area contributed by atoms with Crippen LogP contribution in [-0.4, -0.2) is 49.3 Å². The van der Waals surface area contributed by atoms with Gasteiger partial charge in [-0.15, -0.1) is 0 Å². The number of rotatable bonds is 5. The fourth-order valence-electron chi connectivity index (χ4n) is 4.46. The molecule has 0 radical (unpaired) electrons. The summed E-state index contributed by atoms with van der Waals surface area (Å²) in [4.78, 5) is 14.7. The van der Waals surface area contributed by atoms with E-state index >= 15 is 0 Å². The van der Waals surface area contributed by atoms with Crippen molar-refractivity contribution >= 4 is 15.9 Å². The normalized spacial score (nSPS) is 19.4. The molecule has 6 nitrogen and oxygen atoms in total. The van der Waals surface area contributed by atoms with Crippen LogP contribution < -0.4 is 4.74 Å². The van der Waals surface area contributed by atoms with Gasteiger partial charge in [0.1, 0.15) is 11.6 Å². The number of carbonyl (C=O) groups is 1. The summed E-state index contributed by atoms with van der Waals surface area (Å²) in [5.41, 5.74) is 0.538. The lowest BCUT2D eigenvalue weighted by atomic mass is 9.85. The van der Waals surface area contributed by atoms with Crippen LogP contribution in [-0.2, 0) is 21.4 Å². The van der Waals surface area contributed by atoms with E-state index in [9.17, 15) is 17.6 Å². The molecular formula is C22H25FN2O4S. The monoisotopic (exact) mass is 432 g/mol. The molecule has 2 aliphatic rings. The Morgan fingerprint density at radius 2 is 1.63 bits per heavy atom. The van der Waals surface area contributed by atoms with E-state index in [1.807, 2.05) is 4.90 Å². The number of ether oxygens (including phenoxy) is 1. The van der Waals surface area contributed by atoms with E-state index in [4.69, 9.17) is 4.74 Å². The molecule has 30 heavy (non-hydrogen) atoms. The van der Waals surface area contributed by atoms with E-state index < -0.39 is 10.0 Å². The van der Waals surface area contributed by atoms with Crippen molar-refractivity contribution in [3.63, 3.8) is 0 Å². The van der Waals surface area contributed by atoms with E-state index in [-0.39, 0.29) is 22.2 Å². The number of amides is 1. The van der Waals surface area contributed by atoms with E-state index in [0.717, 1.165) is 12.0 Å². The molecule has 2 aliphatic heterocycles. The van der Waals surface area contributed by atoms with Crippen LogP contribution >= 0.6 is 0 Å². The Kier molecular flexibility index (Phi) is 5.55. The average Bonchev–Trinajstić information content (AvgIpc) is 3.05. The summed E-state index contributed by atoms with van der Waals surface area (Å²) < 4.78 is 45.9. The van der Waals surface area contributed by atoms with Gasteiger partial charge in [-0.25, -0.2) is 12.8 Å². The zero-order chi connectivity index (χ0) is 21.4. The van der Waals surface area contributed by atoms with Crippen molar-refractivity contribution in [2.75, 3.05) is 20.2 Å². The zero-order valence-electron chi connectivity index (χ0n) is 16.9. The maximum absolute atomic E-state index is 13.2. The number of hydrogen-bond acceptors (Lipinski definition) is 4. The van der Waals surface area contributed by atoms with Gasteiger partial charge in [0.25, 0.3) is 0 Å². The Morgan fingerprint density at radius 3 is 2.23 bits per heavy atom. The Hall–Kier alpha value is -2.45. The predicted molar refractivity (Wildman–Crippen MR) is 110 cm³/mol. The largest absolute Gasteiger partial charge is 0.497 e. The second-order valence-corrected chi connectivity index (χ2v) is 9.85. The van der Waals surface area contributed by atoms with Gasteiger partial charge in [0.15, 0.2) is 0 Å². The molecule has 2 aromatic rings. The van der Waals surface area contributed by atoms with Crippen LogP contribution in [0.4, 0.5) is 4.39 Å². The van der Waals surface area contributed by atoms with Gasteiger partial charge in [0.05, 0.1) is 12.0 Å². The molecule has 0 saturated carbocycles. The highest BCUT2D eigenvalue weighted by Gasteiger charge is 2.48. The van der Waals surface area contributed by atoms with Crippen LogP contribution in [0.2, 0.25) is 0 Å². The van der Waals surface area contributed by atoms with Gasteiger partial charge < -0.3 is 9.64 Å². The molecule has 0 aromatic heterocycles. The molecule has 8 heteroatoms. The third-order valence-corrected chi connectivity index (χ3v) is 8.20. The molecule has 0 aliphatic carbocycles. The molecule has 0 N–H and O–H groups in total. The number of likely N-dealkylation sites (tertiary alicyclic amines) is 1. The Bertz CT molecular complexity index is 1010. The molecule has 0 unspecified atom stereocenters. The number of sulfonamides is 1. The van der Waals surface area contributed by atoms with Crippen LogP contribution in [0.15, 0.2) is 53.4 Å². The number of methoxy groups -OCH3 is 1. The maximum atomic E-state index is 13.2. The first-order chi connectivity index (χ1) is 14.3. The highest BCUT2D eigenvalue weighted by molar-refractivity contribution is 7.89. The van der Waals surface area contributed by atoms with Crippen molar-refractivity contribution in [1.82, 2.24) is 9.21 Å². The first kappa shape index (κ1) is 20.8. The highest BCUT2D eigenvalue weighted by atomic mass is 32.2. The molecule has 4 rings (SSSR count). The summed E-state index contributed by atoms with van der Waals surface area (Å²) in [6.45, 7) is 1.15. The zero-order valence-corrected chi connectivity index (χ0v) is 17.7. The quantitative estimate of drug-likeness (QED) is 0.728. The first-order valence-corrected chi connectivity index (χ1v) is 11.5. The lowest BCUT2D eigenvalue weighted by Crippen LogP contribution is -2.53. The third kappa shape index (κ3) is 3.81. The number of nitrogens with zero attached hydrogens (tertiary/aromatic N) is 2. The minimum absolute atomic E-state index is 0.0748. The van der Waals surface area contributed by atoms with Crippen LogP contribution in [0.3, 0.4) is 0 Å². The van der Waals surface area contributed by atoms with Crippen molar-refractivity contribution < 1.29 is 22.3 Å². The maximum Gasteiger partial charge on any atom is 0.243 e. The van der Waals surface area contributed by atoms with E-state index in [2.05, 4.69) is 0 Å². The van der Waals surface area contributed by atoms with Crippen LogP contribution in [0.5, 0.6) is 5.75 Å². The van der Waals surface area contributed by atoms with Crippen LogP contribution in [0.1, 0.15) is 31.2 Å². The molecule has 160 valence electrons. The minimum Gasteiger partial charge on any atom is -0.497 e. The Morgan fingerprint density at radius 1 is 1.00 bits per heavy atom. The second-order valence-electron chi connectivity index (χ2n) is 7.91. The smallest absolute Gasteiger partial charge is 0.243 e. The molecule has 2 saturated heterocycles. The average molecular weight is 433 g/mol. The van der Waals surface area contributed by atoms with Gasteiger partial charge in [-0.05, 0) is 61.2 Å². The van der Waals surface area contributed by atoms with Gasteiger partial charge in [-0.2, -0.15) is 4.31 Å². The summed E-state index contributed by atoms with van der Waals surface area (Å²) in [6, 6.07) is 12.6. The molecule has 1 spiro atoms. The van der Waals surface area contributed by atoms with Gasteiger partial charge in [0.2, 0.25) is 15.9 Å². The summed E-state index contributed by atoms with van der Waals surface area (Å²) >= 11 is 0. The van der Waals surface area contributed by atoms with E-state index in [1.165, 1.54) is 23.5 Å². The number of halogens is 1. The molecule has 2 fully saturated rings. The molecule has 2 aromatic carbocycles. The predicted octanol–water partition coefficient (Wildman–Crippen LogP) is 3.18. The molecule has 2 heterocycles. The third-order valence-electron chi connectivity index (χ3n) is 6.28. The summed E-state index contributed by atoms with van der Waals surface area (Å²) in [5.74, 6) is 0.372. The first-order valence-electron chi connectivity index (χ1n) is 10.0. The summed E-state index contributed by atoms with van der Waals surface area (Å²) in [6.07, 6.45) is 2.38. The molecule has 0 bridgehead atoms. The molecular weight excluding hydrogens is 407 g/mol. The Labute approximate surface area is 176 Å². The van der Waals surface area contributed by atoms with Gasteiger partial charge in [0, 0.05) is 31.6 Å². The van der Waals surface area contributed by atoms with Crippen molar-refractivity contribution in [1.29, 1.82) is 0 Å². The van der Waals surface area contributed by atoms with Crippen LogP contribution in [0.25, 0.3) is 0 Å². The number of piperidine rings is 1. The molecule has 0 atom stereocenters. The Balaban J connectivity index is 1.48. The second kappa shape index (κ2) is 8.00. The standard InChI is InChI=1S/C22H25FN2O4S/c1-29-19-6-8-20(9-7-19)30(27,28)24-14-12-22(13-15-24)11-10-21(26)25(22)16-17-2-4-18(23)5-3-17/h2-9H,10-16H2,1H3. The number of carbonyl (C=O) groups excluding carboxylic acids is 1. The lowest BCUT2D eigenvalue weighted by Gasteiger charge is -2.44. The minimum atomic E-state index is -3.60. The fraction of sp³-hybridized carbons (Fsp3) is 0.409. The van der Waals surface area contributed by atoms with E-state index in [0.29, 0.717) is 44.6 Å². The van der Waals surface area contributed by atoms with Crippen molar-refractivity contribution in [2.24, 2.45) is 0 Å². The van der Waals surface area contributed by atoms with Crippen LogP contribution in [0, 0.1) is 5.82 Å². The van der Waals surface area contributed by atoms with Crippen molar-refractivity contribution in [3.8, 4) is 5.75 Å². The van der Waals surface area contributed by atoms with E-state index in [1.54, 1.807) is 36.4 Å². The lowest BCUT2D eigenvalue weighted by molar-refractivity contribution is -0.133. The van der Waals surface area contributed by atoms with Gasteiger partial charge in [-0.1, -0.05) is 12.1 Å². The molecule has 1 amide bonds. The highest BCUT2D eigenvalue weighted by Crippen LogP contribution is 2.41. The number of hydrogen-bond donors (Lipinski definition) is 0. The van der Waals surface area contributed by atoms with Gasteiger partial charge in [-0.3, -0.25) is 4.79 Å².